The fourth-order valence-corrected chi connectivity index (χ4v) is 2.95. The van der Waals surface area contributed by atoms with Crippen LogP contribution in [0.15, 0.2) is 40.9 Å². The zero-order chi connectivity index (χ0) is 15.4. The normalized spacial score (nSPS) is 12.4. The molecule has 0 radical (unpaired) electrons. The molecule has 1 unspecified atom stereocenters. The molecule has 1 nitrogen and oxygen atoms in total. The Morgan fingerprint density at radius 1 is 1.19 bits per heavy atom. The minimum Gasteiger partial charge on any atom is -0.306 e. The summed E-state index contributed by atoms with van der Waals surface area (Å²) < 4.78 is 15.2. The fraction of sp³-hybridized carbons (Fsp3) is 0.294. The van der Waals surface area contributed by atoms with Crippen molar-refractivity contribution < 1.29 is 4.39 Å². The first-order chi connectivity index (χ1) is 10.0. The average molecular weight is 371 g/mol. The van der Waals surface area contributed by atoms with Crippen molar-refractivity contribution in [3.8, 4) is 0 Å². The highest BCUT2D eigenvalue weighted by Gasteiger charge is 2.20. The van der Waals surface area contributed by atoms with E-state index in [4.69, 9.17) is 11.6 Å². The third-order valence-electron chi connectivity index (χ3n) is 3.33. The van der Waals surface area contributed by atoms with Crippen molar-refractivity contribution in [3.05, 3.63) is 68.4 Å². The van der Waals surface area contributed by atoms with Gasteiger partial charge in [0.2, 0.25) is 0 Å². The number of halogens is 3. The second-order valence-corrected chi connectivity index (χ2v) is 6.37. The SMILES string of the molecule is CCCNC(c1cc(C)ccc1F)c1cc(Cl)ccc1Br. The molecular formula is C17H18BrClFN. The monoisotopic (exact) mass is 369 g/mol. The molecule has 0 saturated carbocycles. The van der Waals surface area contributed by atoms with E-state index < -0.39 is 0 Å². The van der Waals surface area contributed by atoms with E-state index in [0.717, 1.165) is 28.6 Å². The van der Waals surface area contributed by atoms with Crippen molar-refractivity contribution in [1.82, 2.24) is 5.32 Å². The van der Waals surface area contributed by atoms with Crippen LogP contribution in [0.2, 0.25) is 5.02 Å². The summed E-state index contributed by atoms with van der Waals surface area (Å²) in [4.78, 5) is 0. The molecule has 0 fully saturated rings. The summed E-state index contributed by atoms with van der Waals surface area (Å²) in [7, 11) is 0. The molecule has 0 aliphatic heterocycles. The van der Waals surface area contributed by atoms with Crippen molar-refractivity contribution in [3.63, 3.8) is 0 Å². The lowest BCUT2D eigenvalue weighted by molar-refractivity contribution is 0.545. The van der Waals surface area contributed by atoms with E-state index in [1.54, 1.807) is 6.07 Å². The van der Waals surface area contributed by atoms with E-state index in [2.05, 4.69) is 28.2 Å². The van der Waals surface area contributed by atoms with Crippen LogP contribution in [-0.2, 0) is 0 Å². The minimum absolute atomic E-state index is 0.207. The van der Waals surface area contributed by atoms with Crippen molar-refractivity contribution in [2.24, 2.45) is 0 Å². The van der Waals surface area contributed by atoms with Crippen LogP contribution in [0.1, 0.15) is 36.1 Å². The van der Waals surface area contributed by atoms with Gasteiger partial charge in [-0.1, -0.05) is 52.2 Å². The quantitative estimate of drug-likeness (QED) is 0.718. The van der Waals surface area contributed by atoms with Crippen LogP contribution in [0.3, 0.4) is 0 Å². The molecule has 2 aromatic rings. The van der Waals surface area contributed by atoms with Crippen LogP contribution >= 0.6 is 27.5 Å². The average Bonchev–Trinajstić information content (AvgIpc) is 2.46. The predicted octanol–water partition coefficient (Wildman–Crippen LogP) is 5.64. The van der Waals surface area contributed by atoms with E-state index in [1.165, 1.54) is 6.07 Å². The Morgan fingerprint density at radius 3 is 2.67 bits per heavy atom. The third kappa shape index (κ3) is 4.06. The van der Waals surface area contributed by atoms with Crippen LogP contribution < -0.4 is 5.32 Å². The second kappa shape index (κ2) is 7.39. The lowest BCUT2D eigenvalue weighted by Crippen LogP contribution is -2.24. The molecule has 4 heteroatoms. The van der Waals surface area contributed by atoms with Crippen molar-refractivity contribution in [2.45, 2.75) is 26.3 Å². The molecule has 1 N–H and O–H groups in total. The number of aryl methyl sites for hydroxylation is 1. The summed E-state index contributed by atoms with van der Waals surface area (Å²) >= 11 is 9.65. The smallest absolute Gasteiger partial charge is 0.128 e. The standard InChI is InChI=1S/C17H18BrClFN/c1-3-8-21-17(13-10-12(19)5-6-15(13)18)14-9-11(2)4-7-16(14)20/h4-7,9-10,17,21H,3,8H2,1-2H3. The highest BCUT2D eigenvalue weighted by molar-refractivity contribution is 9.10. The lowest BCUT2D eigenvalue weighted by Gasteiger charge is -2.22. The Balaban J connectivity index is 2.52. The second-order valence-electron chi connectivity index (χ2n) is 5.08. The zero-order valence-corrected chi connectivity index (χ0v) is 14.4. The van der Waals surface area contributed by atoms with Crippen molar-refractivity contribution in [1.29, 1.82) is 0 Å². The van der Waals surface area contributed by atoms with Gasteiger partial charge in [0.25, 0.3) is 0 Å². The first-order valence-corrected chi connectivity index (χ1v) is 8.14. The van der Waals surface area contributed by atoms with Gasteiger partial charge in [0.1, 0.15) is 5.82 Å². The van der Waals surface area contributed by atoms with Crippen molar-refractivity contribution in [2.75, 3.05) is 6.54 Å². The van der Waals surface area contributed by atoms with Gasteiger partial charge >= 0.3 is 0 Å². The summed E-state index contributed by atoms with van der Waals surface area (Å²) in [5.41, 5.74) is 2.62. The molecule has 0 amide bonds. The molecule has 1 atom stereocenters. The first-order valence-electron chi connectivity index (χ1n) is 6.97. The maximum atomic E-state index is 14.3. The van der Waals surface area contributed by atoms with Gasteiger partial charge in [-0.15, -0.1) is 0 Å². The summed E-state index contributed by atoms with van der Waals surface area (Å²) in [6.07, 6.45) is 0.974. The number of rotatable bonds is 5. The van der Waals surface area contributed by atoms with E-state index in [1.807, 2.05) is 31.2 Å². The van der Waals surface area contributed by atoms with Crippen molar-refractivity contribution >= 4 is 27.5 Å². The molecule has 21 heavy (non-hydrogen) atoms. The molecule has 0 aliphatic rings. The third-order valence-corrected chi connectivity index (χ3v) is 4.29. The number of benzene rings is 2. The Kier molecular flexibility index (Phi) is 5.80. The first kappa shape index (κ1) is 16.5. The number of nitrogens with one attached hydrogen (secondary N) is 1. The zero-order valence-electron chi connectivity index (χ0n) is 12.1. The molecule has 0 saturated heterocycles. The Morgan fingerprint density at radius 2 is 1.95 bits per heavy atom. The molecule has 2 rings (SSSR count). The maximum Gasteiger partial charge on any atom is 0.128 e. The van der Waals surface area contributed by atoms with Crippen LogP contribution in [0.4, 0.5) is 4.39 Å². The van der Waals surface area contributed by atoms with Gasteiger partial charge < -0.3 is 5.32 Å². The highest BCUT2D eigenvalue weighted by atomic mass is 79.9. The van der Waals surface area contributed by atoms with E-state index in [0.29, 0.717) is 10.6 Å². The Labute approximate surface area is 138 Å². The predicted molar refractivity (Wildman–Crippen MR) is 90.4 cm³/mol. The minimum atomic E-state index is -0.224. The van der Waals surface area contributed by atoms with Gasteiger partial charge in [0.15, 0.2) is 0 Å². The number of hydrogen-bond donors (Lipinski definition) is 1. The van der Waals surface area contributed by atoms with Gasteiger partial charge in [0, 0.05) is 15.1 Å². The lowest BCUT2D eigenvalue weighted by atomic mass is 9.96. The highest BCUT2D eigenvalue weighted by Crippen LogP contribution is 2.32. The Bertz CT molecular complexity index is 579. The van der Waals surface area contributed by atoms with Crippen LogP contribution in [-0.4, -0.2) is 6.54 Å². The summed E-state index contributed by atoms with van der Waals surface area (Å²) in [5, 5.41) is 4.05. The molecule has 2 aromatic carbocycles. The summed E-state index contributed by atoms with van der Waals surface area (Å²) in [6, 6.07) is 10.5. The molecule has 0 aromatic heterocycles. The topological polar surface area (TPSA) is 12.0 Å². The fourth-order valence-electron chi connectivity index (χ4n) is 2.30. The van der Waals surface area contributed by atoms with E-state index in [9.17, 15) is 4.39 Å². The van der Waals surface area contributed by atoms with Gasteiger partial charge in [-0.25, -0.2) is 4.39 Å². The number of hydrogen-bond acceptors (Lipinski definition) is 1. The maximum absolute atomic E-state index is 14.3. The molecule has 0 spiro atoms. The van der Waals surface area contributed by atoms with Gasteiger partial charge in [-0.3, -0.25) is 0 Å². The molecule has 0 heterocycles. The van der Waals surface area contributed by atoms with Gasteiger partial charge in [-0.05, 0) is 49.7 Å². The van der Waals surface area contributed by atoms with E-state index in [-0.39, 0.29) is 11.9 Å². The molecule has 112 valence electrons. The summed E-state index contributed by atoms with van der Waals surface area (Å²) in [5.74, 6) is -0.207. The molecular weight excluding hydrogens is 353 g/mol. The van der Waals surface area contributed by atoms with Crippen LogP contribution in [0, 0.1) is 12.7 Å². The molecule has 0 bridgehead atoms. The Hall–Kier alpha value is -0.900. The van der Waals surface area contributed by atoms with Crippen LogP contribution in [0.5, 0.6) is 0 Å². The van der Waals surface area contributed by atoms with Gasteiger partial charge in [0.05, 0.1) is 6.04 Å². The van der Waals surface area contributed by atoms with Crippen LogP contribution in [0.25, 0.3) is 0 Å². The largest absolute Gasteiger partial charge is 0.306 e. The summed E-state index contributed by atoms with van der Waals surface area (Å²) in [6.45, 7) is 4.85. The van der Waals surface area contributed by atoms with E-state index >= 15 is 0 Å². The molecule has 0 aliphatic carbocycles. The van der Waals surface area contributed by atoms with Gasteiger partial charge in [-0.2, -0.15) is 0 Å².